The van der Waals surface area contributed by atoms with Gasteiger partial charge < -0.3 is 10.2 Å². The zero-order chi connectivity index (χ0) is 14.4. The Balaban J connectivity index is 0.00000220. The van der Waals surface area contributed by atoms with Crippen LogP contribution < -0.4 is 5.32 Å². The van der Waals surface area contributed by atoms with Crippen LogP contribution in [-0.4, -0.2) is 37.0 Å². The van der Waals surface area contributed by atoms with Gasteiger partial charge in [-0.05, 0) is 69.4 Å². The summed E-state index contributed by atoms with van der Waals surface area (Å²) in [5.74, 6) is 2.76. The predicted octanol–water partition coefficient (Wildman–Crippen LogP) is 3.47. The number of carbonyl (C=O) groups excluding carboxylic acids is 1. The van der Waals surface area contributed by atoms with Gasteiger partial charge in [-0.25, -0.2) is 0 Å². The average Bonchev–Trinajstić information content (AvgIpc) is 2.72. The average molecular weight is 317 g/mol. The summed E-state index contributed by atoms with van der Waals surface area (Å²) in [6, 6.07) is 0. The second-order valence-electron chi connectivity index (χ2n) is 7.05. The zero-order valence-electron chi connectivity index (χ0n) is 13.8. The lowest BCUT2D eigenvalue weighted by molar-refractivity contribution is -0.131. The number of halogens is 1. The van der Waals surface area contributed by atoms with Crippen molar-refractivity contribution in [2.45, 2.75) is 58.8 Å². The van der Waals surface area contributed by atoms with E-state index in [2.05, 4.69) is 24.1 Å². The largest absolute Gasteiger partial charge is 0.343 e. The Morgan fingerprint density at radius 2 is 1.86 bits per heavy atom. The molecule has 2 saturated heterocycles. The van der Waals surface area contributed by atoms with E-state index in [0.29, 0.717) is 5.91 Å². The quantitative estimate of drug-likeness (QED) is 0.861. The van der Waals surface area contributed by atoms with Crippen LogP contribution >= 0.6 is 12.4 Å². The summed E-state index contributed by atoms with van der Waals surface area (Å²) in [7, 11) is 0. The minimum Gasteiger partial charge on any atom is -0.343 e. The molecule has 0 aromatic heterocycles. The Hall–Kier alpha value is -0.280. The molecule has 0 aliphatic carbocycles. The Labute approximate surface area is 136 Å². The number of hydrogen-bond donors (Lipinski definition) is 1. The SMILES string of the molecule is CC(C)C1CCCN(C(=O)CCC2CCNCC2)CC1.Cl. The Morgan fingerprint density at radius 1 is 1.14 bits per heavy atom. The summed E-state index contributed by atoms with van der Waals surface area (Å²) in [6.07, 6.45) is 8.08. The van der Waals surface area contributed by atoms with Crippen LogP contribution in [0.5, 0.6) is 0 Å². The Morgan fingerprint density at radius 3 is 2.52 bits per heavy atom. The maximum Gasteiger partial charge on any atom is 0.222 e. The molecule has 0 spiro atoms. The van der Waals surface area contributed by atoms with E-state index in [9.17, 15) is 4.79 Å². The van der Waals surface area contributed by atoms with Crippen molar-refractivity contribution in [3.8, 4) is 0 Å². The van der Waals surface area contributed by atoms with Gasteiger partial charge in [0.25, 0.3) is 0 Å². The van der Waals surface area contributed by atoms with Crippen LogP contribution in [0.2, 0.25) is 0 Å². The number of carbonyl (C=O) groups is 1. The maximum absolute atomic E-state index is 12.4. The van der Waals surface area contributed by atoms with Crippen molar-refractivity contribution in [2.24, 2.45) is 17.8 Å². The van der Waals surface area contributed by atoms with Crippen LogP contribution in [0.15, 0.2) is 0 Å². The minimum atomic E-state index is 0. The molecule has 2 aliphatic heterocycles. The number of rotatable bonds is 4. The fraction of sp³-hybridized carbons (Fsp3) is 0.941. The first kappa shape index (κ1) is 18.8. The smallest absolute Gasteiger partial charge is 0.222 e. The fourth-order valence-electron chi connectivity index (χ4n) is 3.69. The molecule has 1 unspecified atom stereocenters. The van der Waals surface area contributed by atoms with E-state index in [1.54, 1.807) is 0 Å². The molecule has 0 radical (unpaired) electrons. The van der Waals surface area contributed by atoms with Crippen LogP contribution in [0.25, 0.3) is 0 Å². The van der Waals surface area contributed by atoms with Crippen molar-refractivity contribution in [3.05, 3.63) is 0 Å². The van der Waals surface area contributed by atoms with E-state index in [-0.39, 0.29) is 12.4 Å². The Bertz CT molecular complexity index is 303. The third-order valence-electron chi connectivity index (χ3n) is 5.29. The first-order valence-electron chi connectivity index (χ1n) is 8.65. The van der Waals surface area contributed by atoms with Crippen molar-refractivity contribution in [2.75, 3.05) is 26.2 Å². The van der Waals surface area contributed by atoms with E-state index in [1.807, 2.05) is 0 Å². The minimum absolute atomic E-state index is 0. The summed E-state index contributed by atoms with van der Waals surface area (Å²) >= 11 is 0. The molecular formula is C17H33ClN2O. The molecule has 124 valence electrons. The molecule has 2 aliphatic rings. The molecule has 3 nitrogen and oxygen atoms in total. The van der Waals surface area contributed by atoms with Crippen LogP contribution in [0, 0.1) is 17.8 Å². The highest BCUT2D eigenvalue weighted by atomic mass is 35.5. The molecule has 2 rings (SSSR count). The van der Waals surface area contributed by atoms with E-state index in [4.69, 9.17) is 0 Å². The third-order valence-corrected chi connectivity index (χ3v) is 5.29. The van der Waals surface area contributed by atoms with Gasteiger partial charge in [-0.3, -0.25) is 4.79 Å². The maximum atomic E-state index is 12.4. The first-order valence-corrected chi connectivity index (χ1v) is 8.65. The number of nitrogens with one attached hydrogen (secondary N) is 1. The van der Waals surface area contributed by atoms with E-state index < -0.39 is 0 Å². The number of piperidine rings is 1. The van der Waals surface area contributed by atoms with Crippen LogP contribution in [0.1, 0.15) is 58.8 Å². The molecule has 1 amide bonds. The lowest BCUT2D eigenvalue weighted by Gasteiger charge is -2.25. The van der Waals surface area contributed by atoms with Crippen LogP contribution in [-0.2, 0) is 4.79 Å². The van der Waals surface area contributed by atoms with Gasteiger partial charge in [-0.15, -0.1) is 12.4 Å². The topological polar surface area (TPSA) is 32.3 Å². The molecule has 2 heterocycles. The number of nitrogens with zero attached hydrogens (tertiary/aromatic N) is 1. The van der Waals surface area contributed by atoms with E-state index in [0.717, 1.165) is 56.8 Å². The Kier molecular flexibility index (Phi) is 8.65. The number of hydrogen-bond acceptors (Lipinski definition) is 2. The van der Waals surface area contributed by atoms with E-state index in [1.165, 1.54) is 32.1 Å². The number of amides is 1. The molecule has 0 bridgehead atoms. The van der Waals surface area contributed by atoms with Crippen LogP contribution in [0.3, 0.4) is 0 Å². The summed E-state index contributed by atoms with van der Waals surface area (Å²) in [6.45, 7) is 8.90. The normalized spacial score (nSPS) is 24.5. The first-order chi connectivity index (χ1) is 9.66. The zero-order valence-corrected chi connectivity index (χ0v) is 14.6. The lowest BCUT2D eigenvalue weighted by atomic mass is 9.89. The molecule has 0 saturated carbocycles. The number of likely N-dealkylation sites (tertiary alicyclic amines) is 1. The second-order valence-corrected chi connectivity index (χ2v) is 7.05. The van der Waals surface area contributed by atoms with E-state index >= 15 is 0 Å². The van der Waals surface area contributed by atoms with Gasteiger partial charge in [0.2, 0.25) is 5.91 Å². The summed E-state index contributed by atoms with van der Waals surface area (Å²) in [4.78, 5) is 14.5. The van der Waals surface area contributed by atoms with Gasteiger partial charge >= 0.3 is 0 Å². The molecule has 1 N–H and O–H groups in total. The van der Waals surface area contributed by atoms with Gasteiger partial charge in [-0.2, -0.15) is 0 Å². The highest BCUT2D eigenvalue weighted by Crippen LogP contribution is 2.25. The van der Waals surface area contributed by atoms with Gasteiger partial charge in [-0.1, -0.05) is 13.8 Å². The molecule has 21 heavy (non-hydrogen) atoms. The van der Waals surface area contributed by atoms with Gasteiger partial charge in [0.05, 0.1) is 0 Å². The van der Waals surface area contributed by atoms with Gasteiger partial charge in [0.1, 0.15) is 0 Å². The molecule has 4 heteroatoms. The van der Waals surface area contributed by atoms with Gasteiger partial charge in [0, 0.05) is 19.5 Å². The molecular weight excluding hydrogens is 284 g/mol. The molecule has 0 aromatic rings. The summed E-state index contributed by atoms with van der Waals surface area (Å²) in [5, 5.41) is 3.39. The predicted molar refractivity (Wildman–Crippen MR) is 90.8 cm³/mol. The highest BCUT2D eigenvalue weighted by molar-refractivity contribution is 5.85. The molecule has 0 aromatic carbocycles. The van der Waals surface area contributed by atoms with Gasteiger partial charge in [0.15, 0.2) is 0 Å². The summed E-state index contributed by atoms with van der Waals surface area (Å²) < 4.78 is 0. The third kappa shape index (κ3) is 6.15. The van der Waals surface area contributed by atoms with Crippen LogP contribution in [0.4, 0.5) is 0 Å². The lowest BCUT2D eigenvalue weighted by Crippen LogP contribution is -2.33. The highest BCUT2D eigenvalue weighted by Gasteiger charge is 2.23. The van der Waals surface area contributed by atoms with Crippen molar-refractivity contribution < 1.29 is 4.79 Å². The molecule has 1 atom stereocenters. The molecule has 2 fully saturated rings. The monoisotopic (exact) mass is 316 g/mol. The van der Waals surface area contributed by atoms with Crippen molar-refractivity contribution in [1.82, 2.24) is 10.2 Å². The van der Waals surface area contributed by atoms with Crippen molar-refractivity contribution >= 4 is 18.3 Å². The van der Waals surface area contributed by atoms with Crippen molar-refractivity contribution in [3.63, 3.8) is 0 Å². The summed E-state index contributed by atoms with van der Waals surface area (Å²) in [5.41, 5.74) is 0. The van der Waals surface area contributed by atoms with Crippen molar-refractivity contribution in [1.29, 1.82) is 0 Å². The fourth-order valence-corrected chi connectivity index (χ4v) is 3.69. The second kappa shape index (κ2) is 9.68. The standard InChI is InChI=1S/C17H32N2O.ClH/c1-14(2)16-4-3-12-19(13-9-16)17(20)6-5-15-7-10-18-11-8-15;/h14-16,18H,3-13H2,1-2H3;1H.